The van der Waals surface area contributed by atoms with Crippen LogP contribution in [0, 0.1) is 0 Å². The molecule has 6 heteroatoms. The minimum absolute atomic E-state index is 0.592. The second kappa shape index (κ2) is 14.0. The van der Waals surface area contributed by atoms with Gasteiger partial charge in [0.2, 0.25) is 0 Å². The molecule has 0 spiro atoms. The Morgan fingerprint density at radius 1 is 0.255 bits per heavy atom. The Bertz CT molecular complexity index is 2920. The highest BCUT2D eigenvalue weighted by Gasteiger charge is 2.16. The summed E-state index contributed by atoms with van der Waals surface area (Å²) in [5.41, 5.74) is 9.57. The summed E-state index contributed by atoms with van der Waals surface area (Å²) in [6.45, 7) is 0. The minimum atomic E-state index is 0.592. The van der Waals surface area contributed by atoms with Gasteiger partial charge in [-0.05, 0) is 41.5 Å². The molecule has 0 aliphatic rings. The molecular weight excluding hydrogens is 691 g/mol. The van der Waals surface area contributed by atoms with Gasteiger partial charge in [0.05, 0.1) is 11.4 Å². The van der Waals surface area contributed by atoms with Crippen LogP contribution in [-0.2, 0) is 0 Å². The van der Waals surface area contributed by atoms with Crippen molar-refractivity contribution < 1.29 is 0 Å². The summed E-state index contributed by atoms with van der Waals surface area (Å²) in [6, 6.07) is 64.6. The van der Waals surface area contributed by atoms with Crippen molar-refractivity contribution in [1.29, 1.82) is 0 Å². The standard InChI is InChI=1S/C49H31N5S/c1-4-14-32(15-5-1)35-20-12-22-38(28-35)48-50-42(31-43(51-48)37-26-27-41-40-24-10-11-25-44(40)55-45(41)30-37)36-21-13-23-39(29-36)49-53-46(33-16-6-2-7-17-33)52-47(54-49)34-18-8-3-9-19-34/h1-31H. The molecule has 10 rings (SSSR count). The van der Waals surface area contributed by atoms with Gasteiger partial charge in [-0.2, -0.15) is 0 Å². The second-order valence-corrected chi connectivity index (χ2v) is 14.4. The van der Waals surface area contributed by atoms with E-state index in [1.54, 1.807) is 0 Å². The van der Waals surface area contributed by atoms with Crippen LogP contribution in [0.5, 0.6) is 0 Å². The summed E-state index contributed by atoms with van der Waals surface area (Å²) in [6.07, 6.45) is 0. The molecule has 0 radical (unpaired) electrons. The molecule has 0 aliphatic heterocycles. The molecule has 0 saturated carbocycles. The zero-order valence-corrected chi connectivity index (χ0v) is 30.4. The molecule has 55 heavy (non-hydrogen) atoms. The summed E-state index contributed by atoms with van der Waals surface area (Å²) < 4.78 is 2.50. The van der Waals surface area contributed by atoms with Gasteiger partial charge in [-0.25, -0.2) is 24.9 Å². The highest BCUT2D eigenvalue weighted by atomic mass is 32.1. The average Bonchev–Trinajstić information content (AvgIpc) is 3.65. The average molecular weight is 722 g/mol. The topological polar surface area (TPSA) is 64.5 Å². The maximum Gasteiger partial charge on any atom is 0.164 e. The first-order chi connectivity index (χ1) is 27.2. The van der Waals surface area contributed by atoms with Crippen LogP contribution in [-0.4, -0.2) is 24.9 Å². The fraction of sp³-hybridized carbons (Fsp3) is 0. The molecule has 0 fully saturated rings. The fourth-order valence-corrected chi connectivity index (χ4v) is 8.13. The van der Waals surface area contributed by atoms with Crippen LogP contribution >= 0.6 is 11.3 Å². The molecule has 0 saturated heterocycles. The Labute approximate surface area is 322 Å². The van der Waals surface area contributed by atoms with E-state index in [0.717, 1.165) is 55.9 Å². The molecule has 10 aromatic rings. The van der Waals surface area contributed by atoms with Crippen LogP contribution < -0.4 is 0 Å². The van der Waals surface area contributed by atoms with Crippen molar-refractivity contribution in [1.82, 2.24) is 24.9 Å². The Kier molecular flexibility index (Phi) is 8.28. The SMILES string of the molecule is c1ccc(-c2cccc(-c3nc(-c4cccc(-c5nc(-c6ccccc6)nc(-c6ccccc6)n5)c4)cc(-c4ccc5c(c4)sc4ccccc45)n3)c2)cc1. The van der Waals surface area contributed by atoms with Gasteiger partial charge in [-0.3, -0.25) is 0 Å². The van der Waals surface area contributed by atoms with Gasteiger partial charge in [-0.1, -0.05) is 158 Å². The zero-order chi connectivity index (χ0) is 36.6. The van der Waals surface area contributed by atoms with Gasteiger partial charge in [0.15, 0.2) is 23.3 Å². The number of rotatable bonds is 7. The molecule has 3 aromatic heterocycles. The van der Waals surface area contributed by atoms with Crippen LogP contribution in [0.1, 0.15) is 0 Å². The van der Waals surface area contributed by atoms with E-state index < -0.39 is 0 Å². The van der Waals surface area contributed by atoms with Crippen molar-refractivity contribution in [3.8, 4) is 79.2 Å². The smallest absolute Gasteiger partial charge is 0.164 e. The molecule has 258 valence electrons. The molecule has 3 heterocycles. The molecule has 0 unspecified atom stereocenters. The Balaban J connectivity index is 1.13. The lowest BCUT2D eigenvalue weighted by Crippen LogP contribution is -2.00. The third-order valence-electron chi connectivity index (χ3n) is 9.74. The summed E-state index contributed by atoms with van der Waals surface area (Å²) in [5, 5.41) is 2.53. The maximum absolute atomic E-state index is 5.23. The highest BCUT2D eigenvalue weighted by Crippen LogP contribution is 2.37. The lowest BCUT2D eigenvalue weighted by molar-refractivity contribution is 1.07. The van der Waals surface area contributed by atoms with E-state index in [0.29, 0.717) is 23.3 Å². The summed E-state index contributed by atoms with van der Waals surface area (Å²) in [7, 11) is 0. The predicted molar refractivity (Wildman–Crippen MR) is 226 cm³/mol. The third-order valence-corrected chi connectivity index (χ3v) is 10.9. The van der Waals surface area contributed by atoms with Gasteiger partial charge in [0.1, 0.15) is 0 Å². The second-order valence-electron chi connectivity index (χ2n) is 13.3. The van der Waals surface area contributed by atoms with Crippen molar-refractivity contribution in [2.24, 2.45) is 0 Å². The molecule has 0 atom stereocenters. The van der Waals surface area contributed by atoms with Crippen molar-refractivity contribution in [3.05, 3.63) is 188 Å². The lowest BCUT2D eigenvalue weighted by Gasteiger charge is -2.12. The highest BCUT2D eigenvalue weighted by molar-refractivity contribution is 7.25. The Morgan fingerprint density at radius 2 is 0.691 bits per heavy atom. The lowest BCUT2D eigenvalue weighted by atomic mass is 10.0. The number of benzene rings is 7. The van der Waals surface area contributed by atoms with Crippen LogP contribution in [0.3, 0.4) is 0 Å². The molecule has 0 N–H and O–H groups in total. The van der Waals surface area contributed by atoms with E-state index in [9.17, 15) is 0 Å². The first-order valence-corrected chi connectivity index (χ1v) is 19.0. The summed E-state index contributed by atoms with van der Waals surface area (Å²) in [5.74, 6) is 2.49. The van der Waals surface area contributed by atoms with Crippen molar-refractivity contribution in [2.45, 2.75) is 0 Å². The summed E-state index contributed by atoms with van der Waals surface area (Å²) >= 11 is 1.81. The number of aromatic nitrogens is 5. The van der Waals surface area contributed by atoms with Crippen LogP contribution in [0.2, 0.25) is 0 Å². The normalized spacial score (nSPS) is 11.3. The van der Waals surface area contributed by atoms with E-state index in [-0.39, 0.29) is 0 Å². The van der Waals surface area contributed by atoms with Gasteiger partial charge in [0, 0.05) is 53.6 Å². The number of hydrogen-bond acceptors (Lipinski definition) is 6. The predicted octanol–water partition coefficient (Wildman–Crippen LogP) is 12.7. The van der Waals surface area contributed by atoms with E-state index >= 15 is 0 Å². The quantitative estimate of drug-likeness (QED) is 0.164. The van der Waals surface area contributed by atoms with E-state index in [1.165, 1.54) is 20.2 Å². The third kappa shape index (κ3) is 6.45. The first kappa shape index (κ1) is 32.5. The molecule has 0 bridgehead atoms. The fourth-order valence-electron chi connectivity index (χ4n) is 6.98. The number of hydrogen-bond donors (Lipinski definition) is 0. The van der Waals surface area contributed by atoms with Gasteiger partial charge in [0.25, 0.3) is 0 Å². The maximum atomic E-state index is 5.23. The minimum Gasteiger partial charge on any atom is -0.228 e. The van der Waals surface area contributed by atoms with Crippen LogP contribution in [0.4, 0.5) is 0 Å². The molecular formula is C49H31N5S. The Hall–Kier alpha value is -7.15. The largest absolute Gasteiger partial charge is 0.228 e. The van der Waals surface area contributed by atoms with E-state index in [2.05, 4.69) is 109 Å². The molecule has 5 nitrogen and oxygen atoms in total. The molecule has 0 amide bonds. The Morgan fingerprint density at radius 3 is 1.33 bits per heavy atom. The summed E-state index contributed by atoms with van der Waals surface area (Å²) in [4.78, 5) is 25.3. The number of fused-ring (bicyclic) bond motifs is 3. The van der Waals surface area contributed by atoms with Crippen LogP contribution in [0.25, 0.3) is 99.4 Å². The van der Waals surface area contributed by atoms with Crippen molar-refractivity contribution in [2.75, 3.05) is 0 Å². The van der Waals surface area contributed by atoms with E-state index in [4.69, 9.17) is 24.9 Å². The zero-order valence-electron chi connectivity index (χ0n) is 29.5. The van der Waals surface area contributed by atoms with Crippen LogP contribution in [0.15, 0.2) is 188 Å². The van der Waals surface area contributed by atoms with Gasteiger partial charge >= 0.3 is 0 Å². The van der Waals surface area contributed by atoms with Gasteiger partial charge < -0.3 is 0 Å². The number of thiophene rings is 1. The monoisotopic (exact) mass is 721 g/mol. The van der Waals surface area contributed by atoms with E-state index in [1.807, 2.05) is 90.2 Å². The van der Waals surface area contributed by atoms with Crippen molar-refractivity contribution >= 4 is 31.5 Å². The van der Waals surface area contributed by atoms with Crippen molar-refractivity contribution in [3.63, 3.8) is 0 Å². The van der Waals surface area contributed by atoms with Gasteiger partial charge in [-0.15, -0.1) is 11.3 Å². The first-order valence-electron chi connectivity index (χ1n) is 18.2. The number of nitrogens with zero attached hydrogens (tertiary/aromatic N) is 5. The molecule has 7 aromatic carbocycles. The molecule has 0 aliphatic carbocycles.